The van der Waals surface area contributed by atoms with Crippen LogP contribution in [0, 0.1) is 109 Å². The third-order valence-electron chi connectivity index (χ3n) is 6.81. The summed E-state index contributed by atoms with van der Waals surface area (Å²) in [6.45, 7) is 5.89. The Labute approximate surface area is 235 Å². The third-order valence-corrected chi connectivity index (χ3v) is 8.14. The van der Waals surface area contributed by atoms with Crippen molar-refractivity contribution in [2.24, 2.45) is 0 Å². The Bertz CT molecular complexity index is 1900. The Morgan fingerprint density at radius 3 is 1.00 bits per heavy atom. The summed E-state index contributed by atoms with van der Waals surface area (Å²) >= 11 is 1.00. The monoisotopic (exact) mass is 646 g/mol. The van der Waals surface area contributed by atoms with Gasteiger partial charge >= 0.3 is 0 Å². The van der Waals surface area contributed by atoms with Crippen LogP contribution in [0.1, 0.15) is 21.6 Å². The predicted molar refractivity (Wildman–Crippen MR) is 130 cm³/mol. The smallest absolute Gasteiger partial charge is 0.198 e. The Balaban J connectivity index is 0.000000208. The summed E-state index contributed by atoms with van der Waals surface area (Å²) in [5, 5.41) is -6.11. The first-order valence-corrected chi connectivity index (χ1v) is 12.4. The summed E-state index contributed by atoms with van der Waals surface area (Å²) < 4.78 is 190. The summed E-state index contributed by atoms with van der Waals surface area (Å²) in [6.07, 6.45) is 0. The Morgan fingerprint density at radius 2 is 0.628 bits per heavy atom. The van der Waals surface area contributed by atoms with Crippen molar-refractivity contribution in [3.8, 4) is 10.4 Å². The van der Waals surface area contributed by atoms with Gasteiger partial charge in [0.15, 0.2) is 69.8 Å². The van der Waals surface area contributed by atoms with Crippen LogP contribution in [-0.2, 0) is 0 Å². The van der Waals surface area contributed by atoms with E-state index in [1.54, 1.807) is 20.8 Å². The normalized spacial score (nSPS) is 11.5. The first-order valence-electron chi connectivity index (χ1n) is 11.6. The molecule has 5 aromatic rings. The average molecular weight is 646 g/mol. The van der Waals surface area contributed by atoms with Crippen LogP contribution < -0.4 is 0 Å². The van der Waals surface area contributed by atoms with Gasteiger partial charge in [0.05, 0.1) is 27.1 Å². The zero-order chi connectivity index (χ0) is 32.6. The molecule has 5 rings (SSSR count). The minimum absolute atomic E-state index is 0.0617. The molecule has 4 aromatic carbocycles. The van der Waals surface area contributed by atoms with E-state index in [1.165, 1.54) is 0 Å². The molecule has 228 valence electrons. The van der Waals surface area contributed by atoms with Gasteiger partial charge in [0.2, 0.25) is 0 Å². The molecule has 15 heteroatoms. The van der Waals surface area contributed by atoms with Crippen molar-refractivity contribution in [3.05, 3.63) is 103 Å². The highest BCUT2D eigenvalue weighted by Crippen LogP contribution is 2.43. The van der Waals surface area contributed by atoms with Crippen LogP contribution in [0.3, 0.4) is 0 Å². The van der Waals surface area contributed by atoms with Crippen LogP contribution in [0.5, 0.6) is 0 Å². The van der Waals surface area contributed by atoms with Crippen molar-refractivity contribution in [3.63, 3.8) is 0 Å². The molecule has 0 fully saturated rings. The van der Waals surface area contributed by atoms with Crippen LogP contribution in [-0.4, -0.2) is 0 Å². The fourth-order valence-electron chi connectivity index (χ4n) is 4.27. The SMILES string of the molecule is Cc1sc(-c2c(F)c(F)c3c(F)c(C)c(F)c(F)c3c2F)c(C)c1C.Fc1c(F)c(F)c2c(F)c(F)c(F)c(F)c2c1F. The van der Waals surface area contributed by atoms with Gasteiger partial charge in [-0.2, -0.15) is 0 Å². The molecule has 1 aromatic heterocycles. The van der Waals surface area contributed by atoms with Crippen molar-refractivity contribution in [1.82, 2.24) is 0 Å². The lowest BCUT2D eigenvalue weighted by Crippen LogP contribution is -2.06. The van der Waals surface area contributed by atoms with Crippen molar-refractivity contribution in [2.75, 3.05) is 0 Å². The average Bonchev–Trinajstić information content (AvgIpc) is 3.22. The van der Waals surface area contributed by atoms with E-state index in [2.05, 4.69) is 0 Å². The van der Waals surface area contributed by atoms with Crippen LogP contribution in [0.4, 0.5) is 61.5 Å². The molecule has 0 saturated heterocycles. The molecular formula is C28H12F14S. The molecular weight excluding hydrogens is 634 g/mol. The number of fused-ring (bicyclic) bond motifs is 2. The molecule has 1 heterocycles. The summed E-state index contributed by atoms with van der Waals surface area (Å²) in [7, 11) is 0. The molecule has 0 unspecified atom stereocenters. The van der Waals surface area contributed by atoms with Gasteiger partial charge in [-0.05, 0) is 38.8 Å². The quantitative estimate of drug-likeness (QED) is 0.0966. The van der Waals surface area contributed by atoms with Gasteiger partial charge in [0, 0.05) is 15.3 Å². The van der Waals surface area contributed by atoms with Crippen LogP contribution in [0.2, 0.25) is 0 Å². The molecule has 0 N–H and O–H groups in total. The first kappa shape index (κ1) is 32.0. The number of thiophene rings is 1. The largest absolute Gasteiger partial charge is 0.206 e. The van der Waals surface area contributed by atoms with Crippen LogP contribution in [0.25, 0.3) is 32.0 Å². The summed E-state index contributed by atoms with van der Waals surface area (Å²) in [6, 6.07) is 0. The number of benzene rings is 4. The van der Waals surface area contributed by atoms with E-state index in [0.29, 0.717) is 5.56 Å². The second kappa shape index (κ2) is 11.0. The van der Waals surface area contributed by atoms with E-state index in [0.717, 1.165) is 28.7 Å². The number of halogens is 14. The number of hydrogen-bond acceptors (Lipinski definition) is 1. The Kier molecular flexibility index (Phi) is 8.19. The van der Waals surface area contributed by atoms with Gasteiger partial charge in [-0.1, -0.05) is 0 Å². The standard InChI is InChI=1S/C18H12F6S.C10F8/c1-5-6(2)18(25-8(5)4)11-14(21)10-9(16(23)17(11)24)12(19)7(3)13(20)15(10)22;11-3-1-2(5(13)9(17)7(3)15)6(14)10(18)8(16)4(1)12/h1-4H3;. The lowest BCUT2D eigenvalue weighted by molar-refractivity contribution is 0.395. The minimum Gasteiger partial charge on any atom is -0.206 e. The molecule has 43 heavy (non-hydrogen) atoms. The number of aryl methyl sites for hydroxylation is 1. The number of hydrogen-bond donors (Lipinski definition) is 0. The van der Waals surface area contributed by atoms with E-state index in [1.807, 2.05) is 0 Å². The maximum absolute atomic E-state index is 14.9. The van der Waals surface area contributed by atoms with Gasteiger partial charge in [-0.3, -0.25) is 0 Å². The summed E-state index contributed by atoms with van der Waals surface area (Å²) in [5.41, 5.74) is -0.409. The fraction of sp³-hybridized carbons (Fsp3) is 0.143. The first-order chi connectivity index (χ1) is 19.9. The van der Waals surface area contributed by atoms with E-state index in [-0.39, 0.29) is 4.88 Å². The third kappa shape index (κ3) is 4.59. The molecule has 0 spiro atoms. The van der Waals surface area contributed by atoms with E-state index >= 15 is 0 Å². The summed E-state index contributed by atoms with van der Waals surface area (Å²) in [4.78, 5) is 0.806. The second-order valence-electron chi connectivity index (χ2n) is 9.13. The van der Waals surface area contributed by atoms with E-state index in [9.17, 15) is 61.5 Å². The molecule has 0 nitrogen and oxygen atoms in total. The molecule has 0 saturated carbocycles. The van der Waals surface area contributed by atoms with Gasteiger partial charge < -0.3 is 0 Å². The Morgan fingerprint density at radius 1 is 0.302 bits per heavy atom. The van der Waals surface area contributed by atoms with Crippen molar-refractivity contribution in [2.45, 2.75) is 27.7 Å². The highest BCUT2D eigenvalue weighted by atomic mass is 32.1. The zero-order valence-corrected chi connectivity index (χ0v) is 22.5. The van der Waals surface area contributed by atoms with Gasteiger partial charge in [-0.25, -0.2) is 61.5 Å². The molecule has 0 atom stereocenters. The highest BCUT2D eigenvalue weighted by Gasteiger charge is 2.32. The Hall–Kier alpha value is -3.88. The van der Waals surface area contributed by atoms with E-state index in [4.69, 9.17) is 0 Å². The predicted octanol–water partition coefficient (Wildman–Crippen LogP) is 10.6. The van der Waals surface area contributed by atoms with Crippen molar-refractivity contribution in [1.29, 1.82) is 0 Å². The van der Waals surface area contributed by atoms with Crippen LogP contribution in [0.15, 0.2) is 0 Å². The fourth-order valence-corrected chi connectivity index (χ4v) is 5.47. The lowest BCUT2D eigenvalue weighted by Gasteiger charge is -2.13. The molecule has 0 amide bonds. The second-order valence-corrected chi connectivity index (χ2v) is 10.4. The van der Waals surface area contributed by atoms with Crippen LogP contribution >= 0.6 is 11.3 Å². The van der Waals surface area contributed by atoms with Crippen molar-refractivity contribution >= 4 is 32.9 Å². The minimum atomic E-state index is -2.45. The molecule has 0 radical (unpaired) electrons. The van der Waals surface area contributed by atoms with Gasteiger partial charge in [-0.15, -0.1) is 11.3 Å². The van der Waals surface area contributed by atoms with E-state index < -0.39 is 114 Å². The molecule has 0 bridgehead atoms. The number of rotatable bonds is 1. The zero-order valence-electron chi connectivity index (χ0n) is 21.7. The van der Waals surface area contributed by atoms with Crippen molar-refractivity contribution < 1.29 is 61.5 Å². The molecule has 0 aliphatic carbocycles. The topological polar surface area (TPSA) is 0 Å². The van der Waals surface area contributed by atoms with Gasteiger partial charge in [0.25, 0.3) is 0 Å². The van der Waals surface area contributed by atoms with Gasteiger partial charge in [0.1, 0.15) is 11.6 Å². The maximum atomic E-state index is 14.9. The summed E-state index contributed by atoms with van der Waals surface area (Å²) in [5.74, 6) is -29.0. The lowest BCUT2D eigenvalue weighted by atomic mass is 9.98. The molecule has 0 aliphatic heterocycles. The molecule has 0 aliphatic rings. The maximum Gasteiger partial charge on any atom is 0.198 e. The highest BCUT2D eigenvalue weighted by molar-refractivity contribution is 7.15.